The normalized spacial score (nSPS) is 14.8. The van der Waals surface area contributed by atoms with Gasteiger partial charge in [-0.05, 0) is 51.5 Å². The number of H-pyrrole nitrogens is 1. The number of carboxylic acid groups (broad SMARTS) is 1. The minimum Gasteiger partial charge on any atom is -0.480 e. The number of carboxylic acids is 1. The smallest absolute Gasteiger partial charge is 0.323 e. The van der Waals surface area contributed by atoms with Crippen molar-refractivity contribution in [1.29, 1.82) is 0 Å². The number of carbonyl (C=O) groups is 10. The predicted octanol–water partition coefficient (Wildman–Crippen LogP) is -5.07. The number of hydrogen-bond acceptors (Lipinski definition) is 16. The minimum atomic E-state index is -1.83. The third kappa shape index (κ3) is 24.2. The van der Waals surface area contributed by atoms with Crippen LogP contribution >= 0.6 is 0 Å². The van der Waals surface area contributed by atoms with Crippen LogP contribution in [-0.2, 0) is 60.8 Å². The highest BCUT2D eigenvalue weighted by molar-refractivity contribution is 5.98. The second kappa shape index (κ2) is 34.9. The molecule has 0 aliphatic heterocycles. The Kier molecular flexibility index (Phi) is 29.7. The lowest BCUT2D eigenvalue weighted by Crippen LogP contribution is -2.62. The van der Waals surface area contributed by atoms with Gasteiger partial charge in [0.25, 0.3) is 0 Å². The van der Waals surface area contributed by atoms with E-state index in [0.29, 0.717) is 36.9 Å². The van der Waals surface area contributed by atoms with Gasteiger partial charge in [-0.2, -0.15) is 0 Å². The molecule has 0 radical (unpaired) electrons. The summed E-state index contributed by atoms with van der Waals surface area (Å²) in [4.78, 5) is 147. The molecular formula is C50H82N16O13. The zero-order chi connectivity index (χ0) is 59.4. The highest BCUT2D eigenvalue weighted by Crippen LogP contribution is 2.13. The van der Waals surface area contributed by atoms with E-state index in [9.17, 15) is 63.3 Å². The number of amides is 9. The van der Waals surface area contributed by atoms with Gasteiger partial charge in [0.15, 0.2) is 5.96 Å². The van der Waals surface area contributed by atoms with Crippen molar-refractivity contribution in [2.24, 2.45) is 33.8 Å². The maximum Gasteiger partial charge on any atom is 0.323 e. The fraction of sp³-hybridized carbons (Fsp3) is 0.600. The van der Waals surface area contributed by atoms with Gasteiger partial charge in [-0.15, -0.1) is 0 Å². The number of nitrogens with two attached hydrogens (primary N) is 4. The maximum absolute atomic E-state index is 14.2. The molecule has 0 aliphatic carbocycles. The SMILES string of the molecule is CCCCN(CC(=O)O)C(=O)[C@@H](NC(=O)CN(CCN)C(=O)CNC(=O)[C@@H](NC(=O)[C@@H](NC(=O)[C@H](Cc1cnc[nH]1)NC(=O)[C@@H](Cc1ccccc1)NC(=O)[C@H](C)NC(=O)[C@@H](N)CCCN=C(N)N)[C@@H](C)O)[C@@H](C)O)C(C)CC. The Labute approximate surface area is 459 Å². The summed E-state index contributed by atoms with van der Waals surface area (Å²) >= 11 is 0. The highest BCUT2D eigenvalue weighted by atomic mass is 16.4. The number of nitrogens with zero attached hydrogens (tertiary/aromatic N) is 4. The highest BCUT2D eigenvalue weighted by Gasteiger charge is 2.37. The number of imidazole rings is 1. The summed E-state index contributed by atoms with van der Waals surface area (Å²) in [5.74, 6) is -9.58. The van der Waals surface area contributed by atoms with Crippen molar-refractivity contribution in [3.05, 3.63) is 54.1 Å². The van der Waals surface area contributed by atoms with E-state index in [-0.39, 0.29) is 51.4 Å². The summed E-state index contributed by atoms with van der Waals surface area (Å²) in [5.41, 5.74) is 23.4. The molecule has 0 aliphatic rings. The van der Waals surface area contributed by atoms with Gasteiger partial charge in [-0.3, -0.25) is 52.9 Å². The average molecular weight is 1120 g/mol. The van der Waals surface area contributed by atoms with Crippen LogP contribution in [0.2, 0.25) is 0 Å². The van der Waals surface area contributed by atoms with Crippen molar-refractivity contribution in [3.8, 4) is 0 Å². The number of nitrogens with one attached hydrogen (secondary N) is 8. The molecule has 1 aromatic carbocycles. The molecule has 0 fully saturated rings. The van der Waals surface area contributed by atoms with E-state index in [4.69, 9.17) is 22.9 Å². The van der Waals surface area contributed by atoms with Crippen molar-refractivity contribution >= 4 is 65.1 Å². The average Bonchev–Trinajstić information content (AvgIpc) is 3.92. The summed E-state index contributed by atoms with van der Waals surface area (Å²) in [6.07, 6.45) is 1.23. The zero-order valence-electron chi connectivity index (χ0n) is 45.7. The molecule has 1 aromatic heterocycles. The number of hydrogen-bond donors (Lipinski definition) is 15. The molecule has 0 bridgehead atoms. The van der Waals surface area contributed by atoms with Crippen molar-refractivity contribution in [2.45, 2.75) is 141 Å². The van der Waals surface area contributed by atoms with Crippen LogP contribution in [0.3, 0.4) is 0 Å². The number of benzene rings is 1. The van der Waals surface area contributed by atoms with Gasteiger partial charge in [0, 0.05) is 50.9 Å². The fourth-order valence-corrected chi connectivity index (χ4v) is 7.68. The number of unbranched alkanes of at least 4 members (excludes halogenated alkanes) is 1. The van der Waals surface area contributed by atoms with Crippen LogP contribution in [-0.4, -0.2) is 200 Å². The second-order valence-electron chi connectivity index (χ2n) is 19.1. The fourth-order valence-electron chi connectivity index (χ4n) is 7.68. The van der Waals surface area contributed by atoms with Crippen molar-refractivity contribution in [3.63, 3.8) is 0 Å². The van der Waals surface area contributed by atoms with E-state index >= 15 is 0 Å². The summed E-state index contributed by atoms with van der Waals surface area (Å²) in [7, 11) is 0. The lowest BCUT2D eigenvalue weighted by molar-refractivity contribution is -0.147. The monoisotopic (exact) mass is 1110 g/mol. The number of carbonyl (C=O) groups excluding carboxylic acids is 9. The van der Waals surface area contributed by atoms with E-state index < -0.39 is 139 Å². The van der Waals surface area contributed by atoms with E-state index in [1.807, 2.05) is 6.92 Å². The molecule has 79 heavy (non-hydrogen) atoms. The topological polar surface area (TPSA) is 467 Å². The summed E-state index contributed by atoms with van der Waals surface area (Å²) in [6, 6.07) is -1.30. The molecule has 10 atom stereocenters. The first-order chi connectivity index (χ1) is 37.3. The summed E-state index contributed by atoms with van der Waals surface area (Å²) in [5, 5.41) is 48.3. The Morgan fingerprint density at radius 3 is 1.89 bits per heavy atom. The number of rotatable bonds is 36. The third-order valence-electron chi connectivity index (χ3n) is 12.4. The van der Waals surface area contributed by atoms with Crippen LogP contribution in [0.5, 0.6) is 0 Å². The molecule has 0 saturated heterocycles. The predicted molar refractivity (Wildman–Crippen MR) is 288 cm³/mol. The van der Waals surface area contributed by atoms with Crippen LogP contribution in [0.4, 0.5) is 0 Å². The van der Waals surface area contributed by atoms with Gasteiger partial charge in [-0.25, -0.2) is 4.98 Å². The van der Waals surface area contributed by atoms with Gasteiger partial charge in [0.1, 0.15) is 42.8 Å². The lowest BCUT2D eigenvalue weighted by Gasteiger charge is -2.31. The van der Waals surface area contributed by atoms with Gasteiger partial charge in [0.2, 0.25) is 53.2 Å². The molecule has 1 heterocycles. The molecule has 9 amide bonds. The summed E-state index contributed by atoms with van der Waals surface area (Å²) in [6.45, 7) is 7.14. The minimum absolute atomic E-state index is 0.0912. The number of aromatic amines is 1. The van der Waals surface area contributed by atoms with E-state index in [2.05, 4.69) is 52.2 Å². The molecule has 2 rings (SSSR count). The van der Waals surface area contributed by atoms with E-state index in [1.165, 1.54) is 19.4 Å². The number of aliphatic hydroxyl groups is 2. The van der Waals surface area contributed by atoms with Crippen LogP contribution in [0.25, 0.3) is 0 Å². The van der Waals surface area contributed by atoms with Crippen LogP contribution in [0.15, 0.2) is 47.8 Å². The number of aliphatic hydroxyl groups excluding tert-OH is 2. The van der Waals surface area contributed by atoms with Crippen LogP contribution in [0, 0.1) is 5.92 Å². The first-order valence-electron chi connectivity index (χ1n) is 26.1. The molecule has 0 spiro atoms. The van der Waals surface area contributed by atoms with E-state index in [0.717, 1.165) is 23.6 Å². The van der Waals surface area contributed by atoms with Gasteiger partial charge in [-0.1, -0.05) is 63.9 Å². The second-order valence-corrected chi connectivity index (χ2v) is 19.1. The first-order valence-corrected chi connectivity index (χ1v) is 26.1. The van der Waals surface area contributed by atoms with Gasteiger partial charge >= 0.3 is 5.97 Å². The number of aliphatic imine (C=N–C) groups is 1. The molecule has 19 N–H and O–H groups in total. The van der Waals surface area contributed by atoms with Gasteiger partial charge < -0.3 is 90.3 Å². The van der Waals surface area contributed by atoms with Crippen LogP contribution in [0.1, 0.15) is 84.9 Å². The van der Waals surface area contributed by atoms with Crippen molar-refractivity contribution in [1.82, 2.24) is 57.0 Å². The Hall–Kier alpha value is -7.76. The standard InChI is InChI=1S/C50H82N16O13/c1-7-9-19-66(26-39(71)72)49(79)40(28(3)8-2)62-37(69)25-65(20-17-51)38(70)24-57-47(77)41(30(5)67)64-48(78)42(31(6)68)63-46(76)36(22-33-23-55-27-58-33)61-45(75)35(21-32-14-11-10-12-15-32)60-43(73)29(4)59-44(74)34(52)16-13-18-56-50(53)54/h10-12,14-15,23,27-31,34-36,40-42,67-68H,7-9,13,16-22,24-26,51-52H2,1-6H3,(H,55,58)(H,57,77)(H,59,74)(H,60,73)(H,61,75)(H,62,69)(H,63,76)(H,64,78)(H,71,72)(H4,53,54,56)/t28?,29-,30+,31+,34-,35+,36-,40-,41-,42-/m0/s1. The number of aliphatic carboxylic acids is 1. The molecule has 440 valence electrons. The van der Waals surface area contributed by atoms with Crippen LogP contribution < -0.4 is 60.2 Å². The number of guanidine groups is 1. The Bertz CT molecular complexity index is 2340. The quantitative estimate of drug-likeness (QED) is 0.0172. The molecule has 1 unspecified atom stereocenters. The largest absolute Gasteiger partial charge is 0.480 e. The number of aromatic nitrogens is 2. The molecule has 0 saturated carbocycles. The van der Waals surface area contributed by atoms with Crippen molar-refractivity contribution < 1.29 is 63.3 Å². The molecule has 2 aromatic rings. The molecule has 29 heteroatoms. The Balaban J connectivity index is 2.27. The summed E-state index contributed by atoms with van der Waals surface area (Å²) < 4.78 is 0. The van der Waals surface area contributed by atoms with Crippen molar-refractivity contribution in [2.75, 3.05) is 45.8 Å². The lowest BCUT2D eigenvalue weighted by atomic mass is 9.97. The zero-order valence-corrected chi connectivity index (χ0v) is 45.7. The maximum atomic E-state index is 14.2. The molecular weight excluding hydrogens is 1030 g/mol. The Morgan fingerprint density at radius 1 is 0.709 bits per heavy atom. The first kappa shape index (κ1) is 67.3. The Morgan fingerprint density at radius 2 is 1.32 bits per heavy atom. The van der Waals surface area contributed by atoms with E-state index in [1.54, 1.807) is 44.2 Å². The van der Waals surface area contributed by atoms with Gasteiger partial charge in [0.05, 0.1) is 37.7 Å². The third-order valence-corrected chi connectivity index (χ3v) is 12.4. The molecule has 29 nitrogen and oxygen atoms in total.